The van der Waals surface area contributed by atoms with Crippen LogP contribution in [-0.4, -0.2) is 18.4 Å². The lowest BCUT2D eigenvalue weighted by atomic mass is 9.97. The number of aryl methyl sites for hydroxylation is 1. The average molecular weight is 362 g/mol. The first-order valence-corrected chi connectivity index (χ1v) is 9.56. The molecule has 4 nitrogen and oxygen atoms in total. The molecule has 1 aliphatic carbocycles. The normalized spacial score (nSPS) is 13.6. The number of benzene rings is 2. The summed E-state index contributed by atoms with van der Waals surface area (Å²) in [4.78, 5) is 24.8. The van der Waals surface area contributed by atoms with Gasteiger partial charge in [0.2, 0.25) is 0 Å². The average Bonchev–Trinajstić information content (AvgIpc) is 2.71. The molecule has 0 saturated heterocycles. The van der Waals surface area contributed by atoms with Crippen LogP contribution in [-0.2, 0) is 0 Å². The molecule has 2 N–H and O–H groups in total. The monoisotopic (exact) mass is 362 g/mol. The Hall–Kier alpha value is -2.88. The Kier molecular flexibility index (Phi) is 6.42. The Bertz CT molecular complexity index is 841. The molecule has 0 spiro atoms. The first kappa shape index (κ1) is 18.9. The molecule has 4 heteroatoms. The Morgan fingerprint density at radius 1 is 0.963 bits per heavy atom. The fourth-order valence-electron chi connectivity index (χ4n) is 3.25. The van der Waals surface area contributed by atoms with Gasteiger partial charge in [-0.15, -0.1) is 0 Å². The van der Waals surface area contributed by atoms with Gasteiger partial charge < -0.3 is 10.6 Å². The number of hydrogen-bond acceptors (Lipinski definition) is 2. The maximum atomic E-state index is 12.5. The molecule has 0 fully saturated rings. The van der Waals surface area contributed by atoms with Crippen molar-refractivity contribution in [3.8, 4) is 0 Å². The standard InChI is InChI=1S/C23H26N2O2/c1-17-12-13-20(22(26)24-15-14-18-8-4-2-5-9-18)16-21(17)25-23(27)19-10-6-3-7-11-19/h3,6-8,10-13,16H,2,4-5,9,14-15H2,1H3,(H,24,26)(H,25,27). The van der Waals surface area contributed by atoms with Gasteiger partial charge in [0.25, 0.3) is 11.8 Å². The van der Waals surface area contributed by atoms with Crippen molar-refractivity contribution >= 4 is 17.5 Å². The molecule has 2 amide bonds. The Balaban J connectivity index is 1.61. The third-order valence-electron chi connectivity index (χ3n) is 4.90. The number of allylic oxidation sites excluding steroid dienone is 1. The van der Waals surface area contributed by atoms with Crippen molar-refractivity contribution in [3.63, 3.8) is 0 Å². The van der Waals surface area contributed by atoms with Gasteiger partial charge in [-0.3, -0.25) is 9.59 Å². The zero-order valence-corrected chi connectivity index (χ0v) is 15.8. The lowest BCUT2D eigenvalue weighted by Gasteiger charge is -2.14. The van der Waals surface area contributed by atoms with Crippen LogP contribution in [0.3, 0.4) is 0 Å². The second-order valence-corrected chi connectivity index (χ2v) is 6.96. The molecule has 3 rings (SSSR count). The van der Waals surface area contributed by atoms with E-state index in [0.29, 0.717) is 23.4 Å². The molecule has 0 heterocycles. The van der Waals surface area contributed by atoms with E-state index in [1.54, 1.807) is 24.3 Å². The molecule has 0 bridgehead atoms. The van der Waals surface area contributed by atoms with Gasteiger partial charge in [0, 0.05) is 23.4 Å². The summed E-state index contributed by atoms with van der Waals surface area (Å²) in [6, 6.07) is 14.5. The summed E-state index contributed by atoms with van der Waals surface area (Å²) >= 11 is 0. The van der Waals surface area contributed by atoms with E-state index < -0.39 is 0 Å². The number of carbonyl (C=O) groups excluding carboxylic acids is 2. The molecule has 0 aliphatic heterocycles. The first-order valence-electron chi connectivity index (χ1n) is 9.56. The molecule has 0 atom stereocenters. The van der Waals surface area contributed by atoms with E-state index in [0.717, 1.165) is 24.8 Å². The SMILES string of the molecule is Cc1ccc(C(=O)NCCC2=CCCCC2)cc1NC(=O)c1ccccc1. The molecule has 0 unspecified atom stereocenters. The van der Waals surface area contributed by atoms with Crippen molar-refractivity contribution < 1.29 is 9.59 Å². The Morgan fingerprint density at radius 2 is 1.78 bits per heavy atom. The Labute approximate surface area is 160 Å². The number of rotatable bonds is 6. The third-order valence-corrected chi connectivity index (χ3v) is 4.90. The molecule has 2 aromatic rings. The predicted octanol–water partition coefficient (Wildman–Crippen LogP) is 4.87. The summed E-state index contributed by atoms with van der Waals surface area (Å²) in [5, 5.41) is 5.89. The molecule has 2 aromatic carbocycles. The van der Waals surface area contributed by atoms with Crippen LogP contribution < -0.4 is 10.6 Å². The number of carbonyl (C=O) groups is 2. The summed E-state index contributed by atoms with van der Waals surface area (Å²) < 4.78 is 0. The summed E-state index contributed by atoms with van der Waals surface area (Å²) in [6.07, 6.45) is 8.05. The molecule has 0 aromatic heterocycles. The van der Waals surface area contributed by atoms with Gasteiger partial charge >= 0.3 is 0 Å². The summed E-state index contributed by atoms with van der Waals surface area (Å²) in [7, 11) is 0. The summed E-state index contributed by atoms with van der Waals surface area (Å²) in [6.45, 7) is 2.56. The van der Waals surface area contributed by atoms with Gasteiger partial charge in [0.15, 0.2) is 0 Å². The largest absolute Gasteiger partial charge is 0.352 e. The highest BCUT2D eigenvalue weighted by Crippen LogP contribution is 2.20. The van der Waals surface area contributed by atoms with Crippen molar-refractivity contribution in [1.82, 2.24) is 5.32 Å². The van der Waals surface area contributed by atoms with E-state index in [9.17, 15) is 9.59 Å². The highest BCUT2D eigenvalue weighted by Gasteiger charge is 2.12. The minimum absolute atomic E-state index is 0.110. The number of nitrogens with one attached hydrogen (secondary N) is 2. The van der Waals surface area contributed by atoms with E-state index in [1.807, 2.05) is 31.2 Å². The highest BCUT2D eigenvalue weighted by atomic mass is 16.2. The number of anilines is 1. The molecular formula is C23H26N2O2. The van der Waals surface area contributed by atoms with Crippen LogP contribution in [0.15, 0.2) is 60.2 Å². The van der Waals surface area contributed by atoms with E-state index in [1.165, 1.54) is 18.4 Å². The Morgan fingerprint density at radius 3 is 2.52 bits per heavy atom. The number of hydrogen-bond donors (Lipinski definition) is 2. The molecule has 1 aliphatic rings. The predicted molar refractivity (Wildman–Crippen MR) is 109 cm³/mol. The second kappa shape index (κ2) is 9.17. The van der Waals surface area contributed by atoms with Crippen LogP contribution in [0.2, 0.25) is 0 Å². The first-order chi connectivity index (χ1) is 13.1. The van der Waals surface area contributed by atoms with Crippen LogP contribution >= 0.6 is 0 Å². The van der Waals surface area contributed by atoms with Crippen molar-refractivity contribution in [3.05, 3.63) is 76.9 Å². The topological polar surface area (TPSA) is 58.2 Å². The van der Waals surface area contributed by atoms with Crippen molar-refractivity contribution in [2.75, 3.05) is 11.9 Å². The summed E-state index contributed by atoms with van der Waals surface area (Å²) in [5.74, 6) is -0.290. The van der Waals surface area contributed by atoms with Crippen LogP contribution in [0.5, 0.6) is 0 Å². The van der Waals surface area contributed by atoms with E-state index in [2.05, 4.69) is 16.7 Å². The van der Waals surface area contributed by atoms with Gasteiger partial charge in [-0.2, -0.15) is 0 Å². The lowest BCUT2D eigenvalue weighted by molar-refractivity contribution is 0.0952. The van der Waals surface area contributed by atoms with Crippen LogP contribution in [0, 0.1) is 6.92 Å². The minimum Gasteiger partial charge on any atom is -0.352 e. The molecule has 0 saturated carbocycles. The zero-order chi connectivity index (χ0) is 19.1. The highest BCUT2D eigenvalue weighted by molar-refractivity contribution is 6.05. The molecule has 0 radical (unpaired) electrons. The van der Waals surface area contributed by atoms with Crippen LogP contribution in [0.1, 0.15) is 58.4 Å². The molecule has 27 heavy (non-hydrogen) atoms. The third kappa shape index (κ3) is 5.30. The van der Waals surface area contributed by atoms with E-state index in [4.69, 9.17) is 0 Å². The lowest BCUT2D eigenvalue weighted by Crippen LogP contribution is -2.25. The van der Waals surface area contributed by atoms with Crippen molar-refractivity contribution in [2.45, 2.75) is 39.0 Å². The smallest absolute Gasteiger partial charge is 0.255 e. The van der Waals surface area contributed by atoms with Gasteiger partial charge in [-0.1, -0.05) is 35.9 Å². The van der Waals surface area contributed by atoms with Crippen LogP contribution in [0.25, 0.3) is 0 Å². The minimum atomic E-state index is -0.180. The van der Waals surface area contributed by atoms with Gasteiger partial charge in [-0.25, -0.2) is 0 Å². The fourth-order valence-corrected chi connectivity index (χ4v) is 3.25. The molecular weight excluding hydrogens is 336 g/mol. The number of amides is 2. The molecule has 140 valence electrons. The quantitative estimate of drug-likeness (QED) is 0.721. The van der Waals surface area contributed by atoms with E-state index >= 15 is 0 Å². The van der Waals surface area contributed by atoms with Crippen molar-refractivity contribution in [2.24, 2.45) is 0 Å². The van der Waals surface area contributed by atoms with Gasteiger partial charge in [-0.05, 0) is 68.9 Å². The van der Waals surface area contributed by atoms with E-state index in [-0.39, 0.29) is 11.8 Å². The van der Waals surface area contributed by atoms with Gasteiger partial charge in [0.1, 0.15) is 0 Å². The van der Waals surface area contributed by atoms with Gasteiger partial charge in [0.05, 0.1) is 0 Å². The van der Waals surface area contributed by atoms with Crippen molar-refractivity contribution in [1.29, 1.82) is 0 Å². The maximum Gasteiger partial charge on any atom is 0.255 e. The maximum absolute atomic E-state index is 12.5. The zero-order valence-electron chi connectivity index (χ0n) is 15.8. The van der Waals surface area contributed by atoms with Crippen LogP contribution in [0.4, 0.5) is 5.69 Å². The fraction of sp³-hybridized carbons (Fsp3) is 0.304. The summed E-state index contributed by atoms with van der Waals surface area (Å²) in [5.41, 5.74) is 4.17. The second-order valence-electron chi connectivity index (χ2n) is 6.96.